The van der Waals surface area contributed by atoms with Crippen LogP contribution >= 0.6 is 11.3 Å². The summed E-state index contributed by atoms with van der Waals surface area (Å²) in [6.45, 7) is 10.6. The van der Waals surface area contributed by atoms with Crippen LogP contribution in [0.15, 0.2) is 39.8 Å². The number of rotatable bonds is 11. The van der Waals surface area contributed by atoms with Gasteiger partial charge in [-0.3, -0.25) is 9.69 Å². The molecule has 1 N–H and O–H groups in total. The second kappa shape index (κ2) is 11.0. The zero-order valence-electron chi connectivity index (χ0n) is 19.1. The molecule has 3 aromatic rings. The molecule has 0 saturated heterocycles. The quantitative estimate of drug-likeness (QED) is 0.405. The largest absolute Gasteiger partial charge is 0.465 e. The fourth-order valence-corrected chi connectivity index (χ4v) is 5.21. The van der Waals surface area contributed by atoms with Gasteiger partial charge in [-0.2, -0.15) is 9.71 Å². The number of nitrogens with zero attached hydrogens (tertiary/aromatic N) is 3. The van der Waals surface area contributed by atoms with Crippen LogP contribution in [0, 0.1) is 6.92 Å². The van der Waals surface area contributed by atoms with Crippen molar-refractivity contribution >= 4 is 27.3 Å². The summed E-state index contributed by atoms with van der Waals surface area (Å²) in [6, 6.07) is 8.09. The lowest BCUT2D eigenvalue weighted by atomic mass is 10.2. The number of sulfonamides is 1. The average Bonchev–Trinajstić information content (AvgIpc) is 3.43. The minimum absolute atomic E-state index is 0.0224. The molecule has 0 radical (unpaired) electrons. The number of nitrogens with one attached hydrogen (secondary N) is 1. The van der Waals surface area contributed by atoms with Crippen LogP contribution in [0.5, 0.6) is 0 Å². The molecule has 11 heteroatoms. The SMILES string of the molecule is CCOC(=O)CNS(=O)(=O)c1ccc(-c2noc(-c3cc(C)c(CN(CC)CC)s3)n2)cc1. The van der Waals surface area contributed by atoms with E-state index in [4.69, 9.17) is 9.26 Å². The molecule has 2 aromatic heterocycles. The maximum atomic E-state index is 12.4. The highest BCUT2D eigenvalue weighted by Crippen LogP contribution is 2.32. The van der Waals surface area contributed by atoms with E-state index in [2.05, 4.69) is 40.5 Å². The molecule has 3 rings (SSSR count). The van der Waals surface area contributed by atoms with E-state index in [1.54, 1.807) is 30.4 Å². The van der Waals surface area contributed by atoms with Crippen LogP contribution < -0.4 is 4.72 Å². The second-order valence-corrected chi connectivity index (χ2v) is 10.2. The number of aromatic nitrogens is 2. The molecule has 0 saturated carbocycles. The van der Waals surface area contributed by atoms with Gasteiger partial charge in [0, 0.05) is 17.0 Å². The molecule has 2 heterocycles. The Labute approximate surface area is 197 Å². The summed E-state index contributed by atoms with van der Waals surface area (Å²) in [5.74, 6) is 0.155. The maximum Gasteiger partial charge on any atom is 0.321 e. The number of ether oxygens (including phenoxy) is 1. The summed E-state index contributed by atoms with van der Waals surface area (Å²) < 4.78 is 37.1. The van der Waals surface area contributed by atoms with Crippen LogP contribution in [-0.4, -0.2) is 55.7 Å². The Balaban J connectivity index is 1.73. The normalized spacial score (nSPS) is 11.8. The standard InChI is InChI=1S/C22H28N4O5S2/c1-5-26(6-2)14-19-15(4)12-18(32-19)22-24-21(25-31-22)16-8-10-17(11-9-16)33(28,29)23-13-20(27)30-7-3/h8-12,23H,5-7,13-14H2,1-4H3. The topological polar surface area (TPSA) is 115 Å². The molecule has 178 valence electrons. The molecule has 0 atom stereocenters. The Morgan fingerprint density at radius 2 is 1.88 bits per heavy atom. The number of hydrogen-bond acceptors (Lipinski definition) is 9. The lowest BCUT2D eigenvalue weighted by molar-refractivity contribution is -0.141. The van der Waals surface area contributed by atoms with Gasteiger partial charge in [-0.1, -0.05) is 19.0 Å². The summed E-state index contributed by atoms with van der Waals surface area (Å²) in [5, 5.41) is 4.05. The van der Waals surface area contributed by atoms with Crippen LogP contribution in [-0.2, 0) is 26.1 Å². The van der Waals surface area contributed by atoms with Crippen LogP contribution in [0.25, 0.3) is 22.2 Å². The Morgan fingerprint density at radius 1 is 1.18 bits per heavy atom. The minimum Gasteiger partial charge on any atom is -0.465 e. The van der Waals surface area contributed by atoms with Crippen molar-refractivity contribution in [1.29, 1.82) is 0 Å². The first-order valence-corrected chi connectivity index (χ1v) is 13.0. The summed E-state index contributed by atoms with van der Waals surface area (Å²) in [7, 11) is -3.84. The molecule has 33 heavy (non-hydrogen) atoms. The number of carbonyl (C=O) groups is 1. The number of benzene rings is 1. The van der Waals surface area contributed by atoms with Crippen molar-refractivity contribution in [2.75, 3.05) is 26.2 Å². The average molecular weight is 493 g/mol. The summed E-state index contributed by atoms with van der Waals surface area (Å²) in [4.78, 5) is 20.4. The molecule has 0 aliphatic heterocycles. The third kappa shape index (κ3) is 6.26. The van der Waals surface area contributed by atoms with Crippen molar-refractivity contribution < 1.29 is 22.5 Å². The molecule has 9 nitrogen and oxygen atoms in total. The van der Waals surface area contributed by atoms with Gasteiger partial charge < -0.3 is 9.26 Å². The van der Waals surface area contributed by atoms with E-state index < -0.39 is 22.5 Å². The minimum atomic E-state index is -3.84. The van der Waals surface area contributed by atoms with E-state index in [0.29, 0.717) is 17.3 Å². The predicted molar refractivity (Wildman–Crippen MR) is 126 cm³/mol. The zero-order valence-corrected chi connectivity index (χ0v) is 20.8. The van der Waals surface area contributed by atoms with Crippen molar-refractivity contribution in [2.24, 2.45) is 0 Å². The molecule has 1 aromatic carbocycles. The molecule has 0 fully saturated rings. The van der Waals surface area contributed by atoms with Gasteiger partial charge in [0.1, 0.15) is 6.54 Å². The van der Waals surface area contributed by atoms with Gasteiger partial charge in [0.15, 0.2) is 0 Å². The fourth-order valence-electron chi connectivity index (χ4n) is 3.11. The first-order chi connectivity index (χ1) is 15.8. The van der Waals surface area contributed by atoms with E-state index in [1.165, 1.54) is 22.6 Å². The van der Waals surface area contributed by atoms with Gasteiger partial charge in [-0.05, 0) is 62.8 Å². The van der Waals surface area contributed by atoms with Crippen LogP contribution in [0.3, 0.4) is 0 Å². The molecule has 0 spiro atoms. The van der Waals surface area contributed by atoms with Gasteiger partial charge in [0.25, 0.3) is 5.89 Å². The van der Waals surface area contributed by atoms with Gasteiger partial charge in [-0.25, -0.2) is 8.42 Å². The number of carbonyl (C=O) groups excluding carboxylic acids is 1. The predicted octanol–water partition coefficient (Wildman–Crippen LogP) is 3.46. The number of esters is 1. The molecule has 0 aliphatic carbocycles. The van der Waals surface area contributed by atoms with Crippen LogP contribution in [0.2, 0.25) is 0 Å². The van der Waals surface area contributed by atoms with Crippen LogP contribution in [0.4, 0.5) is 0 Å². The second-order valence-electron chi connectivity index (χ2n) is 7.26. The third-order valence-corrected chi connectivity index (χ3v) is 7.68. The van der Waals surface area contributed by atoms with E-state index in [1.807, 2.05) is 6.07 Å². The van der Waals surface area contributed by atoms with Gasteiger partial charge in [-0.15, -0.1) is 11.3 Å². The van der Waals surface area contributed by atoms with Crippen molar-refractivity contribution in [1.82, 2.24) is 19.8 Å². The highest BCUT2D eigenvalue weighted by molar-refractivity contribution is 7.89. The van der Waals surface area contributed by atoms with Gasteiger partial charge >= 0.3 is 5.97 Å². The third-order valence-electron chi connectivity index (χ3n) is 5.05. The van der Waals surface area contributed by atoms with E-state index in [0.717, 1.165) is 24.5 Å². The monoisotopic (exact) mass is 492 g/mol. The summed E-state index contributed by atoms with van der Waals surface area (Å²) in [5.41, 5.74) is 1.80. The van der Waals surface area contributed by atoms with E-state index in [-0.39, 0.29) is 11.5 Å². The van der Waals surface area contributed by atoms with Gasteiger partial charge in [0.05, 0.1) is 16.4 Å². The number of hydrogen-bond donors (Lipinski definition) is 1. The molecule has 0 unspecified atom stereocenters. The van der Waals surface area contributed by atoms with Crippen molar-refractivity contribution in [2.45, 2.75) is 39.1 Å². The summed E-state index contributed by atoms with van der Waals surface area (Å²) >= 11 is 1.63. The molecular formula is C22H28N4O5S2. The highest BCUT2D eigenvalue weighted by atomic mass is 32.2. The number of aryl methyl sites for hydroxylation is 1. The Bertz CT molecular complexity index is 1180. The Morgan fingerprint density at radius 3 is 2.52 bits per heavy atom. The molecule has 0 bridgehead atoms. The molecule has 0 aliphatic rings. The first kappa shape index (κ1) is 25.0. The zero-order chi connectivity index (χ0) is 24.0. The van der Waals surface area contributed by atoms with Crippen molar-refractivity contribution in [3.63, 3.8) is 0 Å². The van der Waals surface area contributed by atoms with Gasteiger partial charge in [0.2, 0.25) is 15.8 Å². The molecule has 0 amide bonds. The number of thiophene rings is 1. The Kier molecular flexibility index (Phi) is 8.35. The lowest BCUT2D eigenvalue weighted by Gasteiger charge is -2.17. The first-order valence-electron chi connectivity index (χ1n) is 10.7. The van der Waals surface area contributed by atoms with E-state index in [9.17, 15) is 13.2 Å². The highest BCUT2D eigenvalue weighted by Gasteiger charge is 2.18. The van der Waals surface area contributed by atoms with E-state index >= 15 is 0 Å². The maximum absolute atomic E-state index is 12.4. The van der Waals surface area contributed by atoms with Crippen molar-refractivity contribution in [3.8, 4) is 22.2 Å². The van der Waals surface area contributed by atoms with Crippen LogP contribution in [0.1, 0.15) is 31.2 Å². The summed E-state index contributed by atoms with van der Waals surface area (Å²) in [6.07, 6.45) is 0. The fraction of sp³-hybridized carbons (Fsp3) is 0.409. The lowest BCUT2D eigenvalue weighted by Crippen LogP contribution is -2.30. The Hall–Kier alpha value is -2.60. The smallest absolute Gasteiger partial charge is 0.321 e. The van der Waals surface area contributed by atoms with Crippen molar-refractivity contribution in [3.05, 3.63) is 40.8 Å². The molecular weight excluding hydrogens is 464 g/mol.